The average molecular weight is 272 g/mol. The van der Waals surface area contributed by atoms with E-state index in [-0.39, 0.29) is 0 Å². The van der Waals surface area contributed by atoms with Crippen molar-refractivity contribution in [3.8, 4) is 0 Å². The fraction of sp³-hybridized carbons (Fsp3) is 0.438. The molecule has 1 aromatic carbocycles. The van der Waals surface area contributed by atoms with Gasteiger partial charge in [-0.15, -0.1) is 0 Å². The molecule has 1 aliphatic carbocycles. The number of imidazole rings is 1. The van der Waals surface area contributed by atoms with Crippen molar-refractivity contribution in [2.45, 2.75) is 45.1 Å². The molecule has 1 heterocycles. The molecule has 2 aromatic rings. The number of aromatic amines is 1. The number of aromatic nitrogens is 2. The van der Waals surface area contributed by atoms with E-state index < -0.39 is 0 Å². The van der Waals surface area contributed by atoms with Crippen molar-refractivity contribution in [1.29, 1.82) is 0 Å². The van der Waals surface area contributed by atoms with E-state index in [2.05, 4.69) is 53.9 Å². The first kappa shape index (κ1) is 12.7. The van der Waals surface area contributed by atoms with Crippen LogP contribution < -0.4 is 0 Å². The molecule has 1 atom stereocenters. The number of benzene rings is 1. The van der Waals surface area contributed by atoms with Gasteiger partial charge in [-0.05, 0) is 48.5 Å². The van der Waals surface area contributed by atoms with Gasteiger partial charge in [-0.2, -0.15) is 0 Å². The van der Waals surface area contributed by atoms with Gasteiger partial charge in [0.15, 0.2) is 4.77 Å². The number of aryl methyl sites for hydroxylation is 1. The van der Waals surface area contributed by atoms with E-state index in [9.17, 15) is 0 Å². The van der Waals surface area contributed by atoms with Crippen molar-refractivity contribution in [2.24, 2.45) is 0 Å². The molecule has 100 valence electrons. The van der Waals surface area contributed by atoms with Crippen LogP contribution >= 0.6 is 12.2 Å². The molecule has 3 rings (SSSR count). The van der Waals surface area contributed by atoms with Crippen molar-refractivity contribution in [3.63, 3.8) is 0 Å². The fourth-order valence-corrected chi connectivity index (χ4v) is 3.45. The van der Waals surface area contributed by atoms with Crippen LogP contribution in [0.15, 0.2) is 30.5 Å². The molecule has 0 amide bonds. The smallest absolute Gasteiger partial charge is 0.177 e. The van der Waals surface area contributed by atoms with Crippen LogP contribution in [0.4, 0.5) is 0 Å². The molecule has 19 heavy (non-hydrogen) atoms. The molecule has 0 radical (unpaired) electrons. The Bertz CT molecular complexity index is 636. The largest absolute Gasteiger partial charge is 0.337 e. The van der Waals surface area contributed by atoms with Crippen LogP contribution in [0.3, 0.4) is 0 Å². The highest BCUT2D eigenvalue weighted by molar-refractivity contribution is 7.71. The van der Waals surface area contributed by atoms with E-state index >= 15 is 0 Å². The Morgan fingerprint density at radius 3 is 2.89 bits per heavy atom. The van der Waals surface area contributed by atoms with Crippen LogP contribution in [-0.2, 0) is 6.42 Å². The SMILES string of the molecule is CC(C)c1c[nH]c(=S)n1C1CCCc2ccccc21. The molecule has 2 nitrogen and oxygen atoms in total. The van der Waals surface area contributed by atoms with Gasteiger partial charge in [0.25, 0.3) is 0 Å². The molecule has 1 aliphatic rings. The first-order valence-corrected chi connectivity index (χ1v) is 7.47. The Hall–Kier alpha value is -1.35. The van der Waals surface area contributed by atoms with Crippen LogP contribution in [0.5, 0.6) is 0 Å². The van der Waals surface area contributed by atoms with E-state index in [1.54, 1.807) is 0 Å². The number of hydrogen-bond acceptors (Lipinski definition) is 1. The quantitative estimate of drug-likeness (QED) is 0.793. The maximum Gasteiger partial charge on any atom is 0.177 e. The summed E-state index contributed by atoms with van der Waals surface area (Å²) in [5.41, 5.74) is 4.25. The highest BCUT2D eigenvalue weighted by Crippen LogP contribution is 2.35. The molecule has 1 unspecified atom stereocenters. The van der Waals surface area contributed by atoms with E-state index in [0.717, 1.165) is 4.77 Å². The zero-order chi connectivity index (χ0) is 13.4. The van der Waals surface area contributed by atoms with Gasteiger partial charge in [-0.3, -0.25) is 0 Å². The summed E-state index contributed by atoms with van der Waals surface area (Å²) in [5, 5.41) is 0. The Balaban J connectivity index is 2.14. The lowest BCUT2D eigenvalue weighted by molar-refractivity contribution is 0.467. The van der Waals surface area contributed by atoms with Gasteiger partial charge in [-0.1, -0.05) is 38.1 Å². The normalized spacial score (nSPS) is 18.6. The maximum atomic E-state index is 5.51. The molecule has 0 saturated heterocycles. The summed E-state index contributed by atoms with van der Waals surface area (Å²) in [6.07, 6.45) is 5.70. The molecule has 0 saturated carbocycles. The standard InChI is InChI=1S/C16H20N2S/c1-11(2)15-10-17-16(19)18(15)14-9-5-7-12-6-3-4-8-13(12)14/h3-4,6,8,10-11,14H,5,7,9H2,1-2H3,(H,17,19). The molecule has 1 aromatic heterocycles. The zero-order valence-electron chi connectivity index (χ0n) is 11.5. The second kappa shape index (κ2) is 4.97. The van der Waals surface area contributed by atoms with Crippen LogP contribution in [0.25, 0.3) is 0 Å². The number of nitrogens with one attached hydrogen (secondary N) is 1. The Morgan fingerprint density at radius 2 is 2.11 bits per heavy atom. The Labute approximate surface area is 119 Å². The van der Waals surface area contributed by atoms with Crippen molar-refractivity contribution in [1.82, 2.24) is 9.55 Å². The maximum absolute atomic E-state index is 5.51. The zero-order valence-corrected chi connectivity index (χ0v) is 12.3. The minimum absolute atomic E-state index is 0.404. The molecule has 0 fully saturated rings. The van der Waals surface area contributed by atoms with Crippen molar-refractivity contribution in [3.05, 3.63) is 52.1 Å². The number of H-pyrrole nitrogens is 1. The summed E-state index contributed by atoms with van der Waals surface area (Å²) in [7, 11) is 0. The van der Waals surface area contributed by atoms with Gasteiger partial charge >= 0.3 is 0 Å². The average Bonchev–Trinajstić information content (AvgIpc) is 2.80. The molecule has 3 heteroatoms. The molecular formula is C16H20N2S. The third-order valence-corrected chi connectivity index (χ3v) is 4.40. The van der Waals surface area contributed by atoms with Gasteiger partial charge in [0.1, 0.15) is 0 Å². The van der Waals surface area contributed by atoms with Crippen molar-refractivity contribution in [2.75, 3.05) is 0 Å². The Kier molecular flexibility index (Phi) is 3.31. The number of fused-ring (bicyclic) bond motifs is 1. The van der Waals surface area contributed by atoms with Crippen molar-refractivity contribution < 1.29 is 0 Å². The topological polar surface area (TPSA) is 20.7 Å². The van der Waals surface area contributed by atoms with Gasteiger partial charge in [0.2, 0.25) is 0 Å². The number of rotatable bonds is 2. The van der Waals surface area contributed by atoms with E-state index in [1.807, 2.05) is 0 Å². The summed E-state index contributed by atoms with van der Waals surface area (Å²) < 4.78 is 3.18. The van der Waals surface area contributed by atoms with Gasteiger partial charge in [0.05, 0.1) is 6.04 Å². The van der Waals surface area contributed by atoms with Crippen LogP contribution in [0, 0.1) is 4.77 Å². The highest BCUT2D eigenvalue weighted by Gasteiger charge is 2.24. The number of nitrogens with zero attached hydrogens (tertiary/aromatic N) is 1. The monoisotopic (exact) mass is 272 g/mol. The minimum Gasteiger partial charge on any atom is -0.337 e. The lowest BCUT2D eigenvalue weighted by Gasteiger charge is -2.28. The lowest BCUT2D eigenvalue weighted by atomic mass is 9.87. The second-order valence-electron chi connectivity index (χ2n) is 5.65. The third-order valence-electron chi connectivity index (χ3n) is 4.08. The minimum atomic E-state index is 0.404. The van der Waals surface area contributed by atoms with Crippen molar-refractivity contribution >= 4 is 12.2 Å². The molecular weight excluding hydrogens is 252 g/mol. The molecule has 0 bridgehead atoms. The summed E-state index contributed by atoms with van der Waals surface area (Å²) in [5.74, 6) is 0.488. The summed E-state index contributed by atoms with van der Waals surface area (Å²) >= 11 is 5.51. The first-order chi connectivity index (χ1) is 9.18. The fourth-order valence-electron chi connectivity index (χ4n) is 3.15. The van der Waals surface area contributed by atoms with Gasteiger partial charge in [-0.25, -0.2) is 0 Å². The first-order valence-electron chi connectivity index (χ1n) is 7.06. The van der Waals surface area contributed by atoms with Crippen LogP contribution in [0.1, 0.15) is 55.5 Å². The third kappa shape index (κ3) is 2.16. The van der Waals surface area contributed by atoms with Gasteiger partial charge < -0.3 is 9.55 Å². The summed E-state index contributed by atoms with van der Waals surface area (Å²) in [6.45, 7) is 4.45. The van der Waals surface area contributed by atoms with E-state index in [1.165, 1.54) is 36.1 Å². The second-order valence-corrected chi connectivity index (χ2v) is 6.04. The number of hydrogen-bond donors (Lipinski definition) is 1. The van der Waals surface area contributed by atoms with E-state index in [4.69, 9.17) is 12.2 Å². The Morgan fingerprint density at radius 1 is 1.32 bits per heavy atom. The van der Waals surface area contributed by atoms with Gasteiger partial charge in [0, 0.05) is 11.9 Å². The van der Waals surface area contributed by atoms with Crippen LogP contribution in [-0.4, -0.2) is 9.55 Å². The molecule has 1 N–H and O–H groups in total. The predicted octanol–water partition coefficient (Wildman–Crippen LogP) is 4.59. The molecule has 0 aliphatic heterocycles. The summed E-state index contributed by atoms with van der Waals surface area (Å²) in [6, 6.07) is 9.20. The molecule has 0 spiro atoms. The highest BCUT2D eigenvalue weighted by atomic mass is 32.1. The lowest BCUT2D eigenvalue weighted by Crippen LogP contribution is -2.19. The summed E-state index contributed by atoms with van der Waals surface area (Å²) in [4.78, 5) is 3.22. The van der Waals surface area contributed by atoms with E-state index in [0.29, 0.717) is 12.0 Å². The van der Waals surface area contributed by atoms with Crippen LogP contribution in [0.2, 0.25) is 0 Å². The predicted molar refractivity (Wildman–Crippen MR) is 81.2 cm³/mol.